The van der Waals surface area contributed by atoms with Gasteiger partial charge in [-0.25, -0.2) is 4.98 Å². The van der Waals surface area contributed by atoms with Crippen LogP contribution in [0.5, 0.6) is 0 Å². The van der Waals surface area contributed by atoms with Gasteiger partial charge >= 0.3 is 0 Å². The van der Waals surface area contributed by atoms with Gasteiger partial charge in [0.05, 0.1) is 11.4 Å². The molecule has 1 saturated heterocycles. The molecular weight excluding hydrogens is 428 g/mol. The van der Waals surface area contributed by atoms with E-state index in [9.17, 15) is 4.79 Å². The van der Waals surface area contributed by atoms with Gasteiger partial charge in [0.1, 0.15) is 0 Å². The number of hydrogen-bond donors (Lipinski definition) is 0. The second-order valence-electron chi connectivity index (χ2n) is 7.65. The highest BCUT2D eigenvalue weighted by Gasteiger charge is 2.22. The molecule has 0 spiro atoms. The molecule has 4 rings (SSSR count). The van der Waals surface area contributed by atoms with E-state index in [1.54, 1.807) is 11.3 Å². The number of aromatic nitrogens is 4. The predicted molar refractivity (Wildman–Crippen MR) is 127 cm³/mol. The van der Waals surface area contributed by atoms with Crippen LogP contribution < -0.4 is 4.90 Å². The zero-order valence-corrected chi connectivity index (χ0v) is 19.9. The Bertz CT molecular complexity index is 1050. The zero-order chi connectivity index (χ0) is 21.8. The van der Waals surface area contributed by atoms with Gasteiger partial charge in [-0.15, -0.1) is 21.5 Å². The minimum Gasteiger partial charge on any atom is -0.346 e. The number of nitrogens with zero attached hydrogens (tertiary/aromatic N) is 6. The number of hydrogen-bond acceptors (Lipinski definition) is 7. The normalized spacial score (nSPS) is 14.7. The molecule has 0 radical (unpaired) electrons. The SMILES string of the molecule is CCn1c(SCC(=O)N2CCCN(c3nc(C)cs3)CC2)nnc1-c1ccccc1C. The second-order valence-corrected chi connectivity index (χ2v) is 9.43. The highest BCUT2D eigenvalue weighted by atomic mass is 32.2. The zero-order valence-electron chi connectivity index (χ0n) is 18.2. The van der Waals surface area contributed by atoms with Crippen LogP contribution in [0.15, 0.2) is 34.8 Å². The van der Waals surface area contributed by atoms with Crippen molar-refractivity contribution >= 4 is 34.1 Å². The quantitative estimate of drug-likeness (QED) is 0.525. The van der Waals surface area contributed by atoms with Gasteiger partial charge in [-0.1, -0.05) is 36.0 Å². The maximum Gasteiger partial charge on any atom is 0.233 e. The van der Waals surface area contributed by atoms with Crippen LogP contribution in [-0.2, 0) is 11.3 Å². The Morgan fingerprint density at radius 3 is 2.71 bits per heavy atom. The fourth-order valence-corrected chi connectivity index (χ4v) is 5.53. The van der Waals surface area contributed by atoms with Crippen LogP contribution in [0.2, 0.25) is 0 Å². The van der Waals surface area contributed by atoms with Crippen LogP contribution in [0.1, 0.15) is 24.6 Å². The van der Waals surface area contributed by atoms with Crippen LogP contribution >= 0.6 is 23.1 Å². The summed E-state index contributed by atoms with van der Waals surface area (Å²) < 4.78 is 2.09. The first-order valence-corrected chi connectivity index (χ1v) is 12.5. The maximum atomic E-state index is 12.9. The van der Waals surface area contributed by atoms with E-state index >= 15 is 0 Å². The third-order valence-electron chi connectivity index (χ3n) is 5.47. The fraction of sp³-hybridized carbons (Fsp3) is 0.455. The Morgan fingerprint density at radius 2 is 1.97 bits per heavy atom. The van der Waals surface area contributed by atoms with Gasteiger partial charge in [-0.2, -0.15) is 0 Å². The van der Waals surface area contributed by atoms with Gasteiger partial charge in [0, 0.05) is 43.7 Å². The summed E-state index contributed by atoms with van der Waals surface area (Å²) in [7, 11) is 0. The van der Waals surface area contributed by atoms with E-state index in [2.05, 4.69) is 56.0 Å². The van der Waals surface area contributed by atoms with E-state index in [4.69, 9.17) is 0 Å². The van der Waals surface area contributed by atoms with Crippen molar-refractivity contribution in [1.29, 1.82) is 0 Å². The first kappa shape index (κ1) is 21.8. The fourth-order valence-electron chi connectivity index (χ4n) is 3.77. The standard InChI is InChI=1S/C22H28N6OS2/c1-4-28-20(18-9-6-5-8-16(18)2)24-25-22(28)31-15-19(29)26-10-7-11-27(13-12-26)21-23-17(3)14-30-21/h5-6,8-9,14H,4,7,10-13,15H2,1-3H3. The van der Waals surface area contributed by atoms with E-state index < -0.39 is 0 Å². The summed E-state index contributed by atoms with van der Waals surface area (Å²) in [6.07, 6.45) is 0.956. The van der Waals surface area contributed by atoms with E-state index in [1.165, 1.54) is 17.3 Å². The van der Waals surface area contributed by atoms with Crippen molar-refractivity contribution in [1.82, 2.24) is 24.6 Å². The molecule has 0 N–H and O–H groups in total. The number of amides is 1. The number of carbonyl (C=O) groups is 1. The Balaban J connectivity index is 1.38. The molecule has 1 aliphatic heterocycles. The van der Waals surface area contributed by atoms with Crippen molar-refractivity contribution in [3.05, 3.63) is 40.9 Å². The number of carbonyl (C=O) groups excluding carboxylic acids is 1. The topological polar surface area (TPSA) is 67.2 Å². The van der Waals surface area contributed by atoms with Crippen molar-refractivity contribution in [2.45, 2.75) is 38.9 Å². The Labute approximate surface area is 191 Å². The summed E-state index contributed by atoms with van der Waals surface area (Å²) in [5.74, 6) is 1.40. The lowest BCUT2D eigenvalue weighted by Gasteiger charge is -2.21. The summed E-state index contributed by atoms with van der Waals surface area (Å²) in [6, 6.07) is 8.19. The number of thiazole rings is 1. The van der Waals surface area contributed by atoms with Crippen LogP contribution in [0.25, 0.3) is 11.4 Å². The Kier molecular flexibility index (Phi) is 6.92. The van der Waals surface area contributed by atoms with Crippen molar-refractivity contribution in [3.63, 3.8) is 0 Å². The molecule has 1 fully saturated rings. The van der Waals surface area contributed by atoms with Crippen molar-refractivity contribution in [3.8, 4) is 11.4 Å². The van der Waals surface area contributed by atoms with E-state index in [1.807, 2.05) is 24.0 Å². The van der Waals surface area contributed by atoms with Gasteiger partial charge < -0.3 is 14.4 Å². The lowest BCUT2D eigenvalue weighted by atomic mass is 10.1. The monoisotopic (exact) mass is 456 g/mol. The number of aryl methyl sites for hydroxylation is 2. The molecule has 2 aromatic heterocycles. The molecule has 1 amide bonds. The first-order valence-electron chi connectivity index (χ1n) is 10.6. The highest BCUT2D eigenvalue weighted by Crippen LogP contribution is 2.27. The molecule has 0 aliphatic carbocycles. The van der Waals surface area contributed by atoms with Gasteiger partial charge in [0.2, 0.25) is 5.91 Å². The smallest absolute Gasteiger partial charge is 0.233 e. The molecule has 0 unspecified atom stereocenters. The summed E-state index contributed by atoms with van der Waals surface area (Å²) >= 11 is 3.15. The average Bonchev–Trinajstić information content (AvgIpc) is 3.30. The molecule has 164 valence electrons. The average molecular weight is 457 g/mol. The first-order chi connectivity index (χ1) is 15.1. The molecule has 3 aromatic rings. The third-order valence-corrected chi connectivity index (χ3v) is 7.44. The van der Waals surface area contributed by atoms with E-state index in [0.29, 0.717) is 5.75 Å². The lowest BCUT2D eigenvalue weighted by Crippen LogP contribution is -2.36. The third kappa shape index (κ3) is 4.93. The number of anilines is 1. The molecule has 1 aliphatic rings. The molecule has 9 heteroatoms. The maximum absolute atomic E-state index is 12.9. The van der Waals surface area contributed by atoms with Gasteiger partial charge in [0.15, 0.2) is 16.1 Å². The minimum atomic E-state index is 0.158. The molecule has 7 nitrogen and oxygen atoms in total. The number of benzene rings is 1. The van der Waals surface area contributed by atoms with Crippen LogP contribution in [0, 0.1) is 13.8 Å². The molecular formula is C22H28N6OS2. The molecule has 31 heavy (non-hydrogen) atoms. The molecule has 1 aromatic carbocycles. The van der Waals surface area contributed by atoms with Crippen molar-refractivity contribution in [2.24, 2.45) is 0 Å². The molecule has 0 atom stereocenters. The summed E-state index contributed by atoms with van der Waals surface area (Å²) in [6.45, 7) is 10.2. The van der Waals surface area contributed by atoms with Crippen molar-refractivity contribution in [2.75, 3.05) is 36.8 Å². The predicted octanol–water partition coefficient (Wildman–Crippen LogP) is 3.87. The van der Waals surface area contributed by atoms with Crippen LogP contribution in [0.3, 0.4) is 0 Å². The minimum absolute atomic E-state index is 0.158. The van der Waals surface area contributed by atoms with Gasteiger partial charge in [-0.3, -0.25) is 4.79 Å². The van der Waals surface area contributed by atoms with E-state index in [-0.39, 0.29) is 5.91 Å². The van der Waals surface area contributed by atoms with Crippen molar-refractivity contribution < 1.29 is 4.79 Å². The largest absolute Gasteiger partial charge is 0.346 e. The number of thioether (sulfide) groups is 1. The molecule has 3 heterocycles. The molecule has 0 bridgehead atoms. The summed E-state index contributed by atoms with van der Waals surface area (Å²) in [4.78, 5) is 21.8. The van der Waals surface area contributed by atoms with Gasteiger partial charge in [0.25, 0.3) is 0 Å². The second kappa shape index (κ2) is 9.82. The molecule has 0 saturated carbocycles. The Morgan fingerprint density at radius 1 is 1.13 bits per heavy atom. The summed E-state index contributed by atoms with van der Waals surface area (Å²) in [5, 5.41) is 12.7. The highest BCUT2D eigenvalue weighted by molar-refractivity contribution is 7.99. The summed E-state index contributed by atoms with van der Waals surface area (Å²) in [5.41, 5.74) is 3.31. The van der Waals surface area contributed by atoms with Crippen LogP contribution in [-0.4, -0.2) is 62.5 Å². The number of rotatable bonds is 6. The van der Waals surface area contributed by atoms with E-state index in [0.717, 1.165) is 66.5 Å². The Hall–Kier alpha value is -2.39. The van der Waals surface area contributed by atoms with Gasteiger partial charge in [-0.05, 0) is 32.8 Å². The lowest BCUT2D eigenvalue weighted by molar-refractivity contribution is -0.128. The van der Waals surface area contributed by atoms with Crippen LogP contribution in [0.4, 0.5) is 5.13 Å².